The van der Waals surface area contributed by atoms with Crippen LogP contribution in [0.1, 0.15) is 15.9 Å². The first kappa shape index (κ1) is 10.4. The van der Waals surface area contributed by atoms with Crippen molar-refractivity contribution in [3.63, 3.8) is 0 Å². The maximum atomic E-state index is 11.4. The molecule has 0 saturated heterocycles. The fourth-order valence-electron chi connectivity index (χ4n) is 0.835. The van der Waals surface area contributed by atoms with Gasteiger partial charge >= 0.3 is 0 Å². The molecule has 4 heteroatoms. The minimum atomic E-state index is -0.368. The van der Waals surface area contributed by atoms with Crippen molar-refractivity contribution in [1.82, 2.24) is 0 Å². The highest BCUT2D eigenvalue weighted by molar-refractivity contribution is 9.25. The Balaban J connectivity index is 2.94. The van der Waals surface area contributed by atoms with Gasteiger partial charge in [-0.25, -0.2) is 0 Å². The molecule has 0 aromatic heterocycles. The van der Waals surface area contributed by atoms with Crippen LogP contribution in [0.15, 0.2) is 24.3 Å². The van der Waals surface area contributed by atoms with Crippen molar-refractivity contribution in [1.29, 1.82) is 5.26 Å². The number of Topliss-reactive ketones (excluding diaryl/α,β-unsaturated/α-hetero) is 1. The van der Waals surface area contributed by atoms with Crippen molar-refractivity contribution in [2.45, 2.75) is 3.74 Å². The molecule has 0 radical (unpaired) electrons. The molecule has 0 amide bonds. The Morgan fingerprint density at radius 1 is 1.31 bits per heavy atom. The average Bonchev–Trinajstić information content (AvgIpc) is 2.17. The number of alkyl halides is 2. The number of nitriles is 1. The first-order valence-electron chi connectivity index (χ1n) is 3.47. The minimum absolute atomic E-state index is 0.0514. The van der Waals surface area contributed by atoms with Gasteiger partial charge in [0.2, 0.25) is 0 Å². The van der Waals surface area contributed by atoms with Crippen molar-refractivity contribution in [3.8, 4) is 6.07 Å². The quantitative estimate of drug-likeness (QED) is 0.622. The lowest BCUT2D eigenvalue weighted by molar-refractivity contribution is 0.101. The smallest absolute Gasteiger partial charge is 0.187 e. The van der Waals surface area contributed by atoms with Crippen LogP contribution in [0.2, 0.25) is 0 Å². The maximum Gasteiger partial charge on any atom is 0.187 e. The lowest BCUT2D eigenvalue weighted by Gasteiger charge is -2.00. The first-order chi connectivity index (χ1) is 6.15. The second-order valence-corrected chi connectivity index (χ2v) is 5.41. The van der Waals surface area contributed by atoms with Crippen LogP contribution in [0.3, 0.4) is 0 Å². The molecule has 0 fully saturated rings. The number of carbonyl (C=O) groups is 1. The fourth-order valence-corrected chi connectivity index (χ4v) is 1.36. The third-order valence-electron chi connectivity index (χ3n) is 1.50. The van der Waals surface area contributed by atoms with Gasteiger partial charge in [-0.15, -0.1) is 0 Å². The Bertz CT molecular complexity index is 351. The van der Waals surface area contributed by atoms with Gasteiger partial charge in [0.05, 0.1) is 11.6 Å². The fraction of sp³-hybridized carbons (Fsp3) is 0.111. The van der Waals surface area contributed by atoms with E-state index in [-0.39, 0.29) is 9.52 Å². The molecule has 0 spiro atoms. The third kappa shape index (κ3) is 2.64. The number of hydrogen-bond acceptors (Lipinski definition) is 2. The highest BCUT2D eigenvalue weighted by Crippen LogP contribution is 2.15. The van der Waals surface area contributed by atoms with E-state index in [1.165, 1.54) is 0 Å². The number of benzene rings is 1. The minimum Gasteiger partial charge on any atom is -0.292 e. The van der Waals surface area contributed by atoms with Gasteiger partial charge in [-0.3, -0.25) is 4.79 Å². The molecule has 0 unspecified atom stereocenters. The molecular formula is C9H5Br2NO. The standard InChI is InChI=1S/C9H5Br2NO/c10-9(11)8(13)7-3-1-6(5-12)2-4-7/h1-4,9H. The summed E-state index contributed by atoms with van der Waals surface area (Å²) in [5.74, 6) is -0.0514. The Morgan fingerprint density at radius 3 is 2.23 bits per heavy atom. The van der Waals surface area contributed by atoms with Gasteiger partial charge in [0.25, 0.3) is 0 Å². The summed E-state index contributed by atoms with van der Waals surface area (Å²) in [5, 5.41) is 8.52. The largest absolute Gasteiger partial charge is 0.292 e. The van der Waals surface area contributed by atoms with E-state index in [2.05, 4.69) is 31.9 Å². The van der Waals surface area contributed by atoms with E-state index in [9.17, 15) is 4.79 Å². The Hall–Kier alpha value is -0.660. The number of nitrogens with zero attached hydrogens (tertiary/aromatic N) is 1. The van der Waals surface area contributed by atoms with Crippen LogP contribution in [-0.4, -0.2) is 9.52 Å². The molecule has 0 aliphatic rings. The van der Waals surface area contributed by atoms with Gasteiger partial charge in [-0.1, -0.05) is 44.0 Å². The molecule has 0 aliphatic carbocycles. The number of hydrogen-bond donors (Lipinski definition) is 0. The molecule has 0 bridgehead atoms. The molecule has 2 nitrogen and oxygen atoms in total. The molecule has 0 heterocycles. The van der Waals surface area contributed by atoms with Gasteiger partial charge in [0.1, 0.15) is 3.74 Å². The molecule has 0 atom stereocenters. The zero-order valence-corrected chi connectivity index (χ0v) is 9.67. The van der Waals surface area contributed by atoms with Crippen LogP contribution in [0.25, 0.3) is 0 Å². The predicted octanol–water partition coefficient (Wildman–Crippen LogP) is 2.86. The summed E-state index contributed by atoms with van der Waals surface area (Å²) in [6.07, 6.45) is 0. The van der Waals surface area contributed by atoms with E-state index in [1.807, 2.05) is 6.07 Å². The lowest BCUT2D eigenvalue weighted by atomic mass is 10.1. The number of ketones is 1. The van der Waals surface area contributed by atoms with Crippen LogP contribution in [-0.2, 0) is 0 Å². The van der Waals surface area contributed by atoms with Crippen molar-refractivity contribution in [2.75, 3.05) is 0 Å². The third-order valence-corrected chi connectivity index (χ3v) is 2.33. The molecule has 0 aliphatic heterocycles. The van der Waals surface area contributed by atoms with Crippen LogP contribution < -0.4 is 0 Å². The van der Waals surface area contributed by atoms with Crippen LogP contribution >= 0.6 is 31.9 Å². The highest BCUT2D eigenvalue weighted by Gasteiger charge is 2.12. The maximum absolute atomic E-state index is 11.4. The van der Waals surface area contributed by atoms with E-state index < -0.39 is 0 Å². The zero-order chi connectivity index (χ0) is 9.84. The molecule has 1 aromatic carbocycles. The summed E-state index contributed by atoms with van der Waals surface area (Å²) in [6.45, 7) is 0. The van der Waals surface area contributed by atoms with E-state index in [1.54, 1.807) is 24.3 Å². The van der Waals surface area contributed by atoms with E-state index in [0.717, 1.165) is 0 Å². The topological polar surface area (TPSA) is 40.9 Å². The van der Waals surface area contributed by atoms with Crippen molar-refractivity contribution >= 4 is 37.6 Å². The number of carbonyl (C=O) groups excluding carboxylic acids is 1. The Kier molecular flexibility index (Phi) is 3.64. The summed E-state index contributed by atoms with van der Waals surface area (Å²) in [5.41, 5.74) is 1.13. The van der Waals surface area contributed by atoms with Crippen LogP contribution in [0, 0.1) is 11.3 Å². The normalized spacial score (nSPS) is 9.69. The van der Waals surface area contributed by atoms with Crippen molar-refractivity contribution < 1.29 is 4.79 Å². The summed E-state index contributed by atoms with van der Waals surface area (Å²) in [4.78, 5) is 11.4. The monoisotopic (exact) mass is 301 g/mol. The van der Waals surface area contributed by atoms with Gasteiger partial charge < -0.3 is 0 Å². The molecule has 0 saturated carbocycles. The molecular weight excluding hydrogens is 298 g/mol. The van der Waals surface area contributed by atoms with Crippen LogP contribution in [0.4, 0.5) is 0 Å². The summed E-state index contributed by atoms with van der Waals surface area (Å²) in [7, 11) is 0. The van der Waals surface area contributed by atoms with E-state index in [0.29, 0.717) is 11.1 Å². The Labute approximate surface area is 92.8 Å². The number of rotatable bonds is 2. The van der Waals surface area contributed by atoms with Crippen molar-refractivity contribution in [2.24, 2.45) is 0 Å². The van der Waals surface area contributed by atoms with Crippen molar-refractivity contribution in [3.05, 3.63) is 35.4 Å². The molecule has 1 aromatic rings. The second kappa shape index (κ2) is 4.54. The second-order valence-electron chi connectivity index (χ2n) is 2.35. The van der Waals surface area contributed by atoms with E-state index >= 15 is 0 Å². The lowest BCUT2D eigenvalue weighted by Crippen LogP contribution is -2.06. The molecule has 0 N–H and O–H groups in total. The summed E-state index contributed by atoms with van der Waals surface area (Å²) >= 11 is 6.23. The van der Waals surface area contributed by atoms with Gasteiger partial charge in [0, 0.05) is 5.56 Å². The SMILES string of the molecule is N#Cc1ccc(C(=O)C(Br)Br)cc1. The Morgan fingerprint density at radius 2 is 1.85 bits per heavy atom. The number of halogens is 2. The zero-order valence-electron chi connectivity index (χ0n) is 6.50. The average molecular weight is 303 g/mol. The predicted molar refractivity (Wildman–Crippen MR) is 57.1 cm³/mol. The summed E-state index contributed by atoms with van der Waals surface area (Å²) < 4.78 is -0.368. The molecule has 13 heavy (non-hydrogen) atoms. The van der Waals surface area contributed by atoms with E-state index in [4.69, 9.17) is 5.26 Å². The van der Waals surface area contributed by atoms with Crippen LogP contribution in [0.5, 0.6) is 0 Å². The molecule has 66 valence electrons. The van der Waals surface area contributed by atoms with Gasteiger partial charge in [-0.2, -0.15) is 5.26 Å². The van der Waals surface area contributed by atoms with Gasteiger partial charge in [-0.05, 0) is 12.1 Å². The highest BCUT2D eigenvalue weighted by atomic mass is 79.9. The first-order valence-corrected chi connectivity index (χ1v) is 5.31. The summed E-state index contributed by atoms with van der Waals surface area (Å²) in [6, 6.07) is 8.50. The van der Waals surface area contributed by atoms with Gasteiger partial charge in [0.15, 0.2) is 5.78 Å². The molecule has 1 rings (SSSR count).